The zero-order chi connectivity index (χ0) is 21.7. The molecule has 1 atom stereocenters. The van der Waals surface area contributed by atoms with E-state index in [1.165, 1.54) is 37.7 Å². The molecule has 1 saturated carbocycles. The topological polar surface area (TPSA) is 58.6 Å². The van der Waals surface area contributed by atoms with Crippen LogP contribution in [0.15, 0.2) is 23.2 Å². The first-order valence-corrected chi connectivity index (χ1v) is 11.7. The molecule has 2 heterocycles. The summed E-state index contributed by atoms with van der Waals surface area (Å²) in [7, 11) is 5.27. The van der Waals surface area contributed by atoms with Crippen LogP contribution in [0.4, 0.5) is 0 Å². The summed E-state index contributed by atoms with van der Waals surface area (Å²) in [5, 5.41) is 3.70. The molecule has 4 rings (SSSR count). The summed E-state index contributed by atoms with van der Waals surface area (Å²) in [5.41, 5.74) is 1.75. The maximum Gasteiger partial charge on any atom is 0.193 e. The second kappa shape index (κ2) is 11.7. The highest BCUT2D eigenvalue weighted by atomic mass is 127. The van der Waals surface area contributed by atoms with Gasteiger partial charge in [-0.1, -0.05) is 18.9 Å². The van der Waals surface area contributed by atoms with Crippen LogP contribution in [0.25, 0.3) is 0 Å². The summed E-state index contributed by atoms with van der Waals surface area (Å²) in [6, 6.07) is 6.46. The molecule has 0 radical (unpaired) electrons. The first-order valence-electron chi connectivity index (χ1n) is 11.7. The third kappa shape index (κ3) is 5.62. The minimum Gasteiger partial charge on any atom is -0.493 e. The number of rotatable bonds is 6. The largest absolute Gasteiger partial charge is 0.493 e. The number of methoxy groups -OCH3 is 2. The molecule has 7 nitrogen and oxygen atoms in total. The number of hydrogen-bond acceptors (Lipinski definition) is 5. The average Bonchev–Trinajstić information content (AvgIpc) is 3.46. The number of benzene rings is 1. The Balaban J connectivity index is 0.00000289. The van der Waals surface area contributed by atoms with E-state index < -0.39 is 0 Å². The molecule has 1 aromatic rings. The molecule has 2 aliphatic heterocycles. The number of nitrogens with zero attached hydrogens (tertiary/aromatic N) is 3. The highest BCUT2D eigenvalue weighted by Crippen LogP contribution is 2.45. The van der Waals surface area contributed by atoms with Crippen molar-refractivity contribution in [3.8, 4) is 11.5 Å². The van der Waals surface area contributed by atoms with Crippen molar-refractivity contribution in [2.45, 2.75) is 38.1 Å². The highest BCUT2D eigenvalue weighted by molar-refractivity contribution is 14.0. The average molecular weight is 559 g/mol. The van der Waals surface area contributed by atoms with E-state index in [-0.39, 0.29) is 30.0 Å². The fourth-order valence-electron chi connectivity index (χ4n) is 5.58. The van der Waals surface area contributed by atoms with Crippen molar-refractivity contribution >= 4 is 29.9 Å². The lowest BCUT2D eigenvalue weighted by molar-refractivity contribution is 0.0168. The number of halogens is 1. The van der Waals surface area contributed by atoms with E-state index in [0.29, 0.717) is 5.41 Å². The van der Waals surface area contributed by atoms with Gasteiger partial charge in [0.2, 0.25) is 0 Å². The van der Waals surface area contributed by atoms with Gasteiger partial charge in [-0.25, -0.2) is 0 Å². The molecule has 1 N–H and O–H groups in total. The van der Waals surface area contributed by atoms with Crippen molar-refractivity contribution in [3.63, 3.8) is 0 Å². The van der Waals surface area contributed by atoms with E-state index in [0.717, 1.165) is 63.4 Å². The molecule has 3 fully saturated rings. The molecular weight excluding hydrogens is 519 g/mol. The lowest BCUT2D eigenvalue weighted by Crippen LogP contribution is -2.47. The van der Waals surface area contributed by atoms with Crippen LogP contribution in [0, 0.1) is 5.41 Å². The number of aliphatic imine (C=N–C) groups is 1. The molecule has 1 unspecified atom stereocenters. The molecule has 2 saturated heterocycles. The molecule has 1 aliphatic carbocycles. The lowest BCUT2D eigenvalue weighted by Gasteiger charge is -2.36. The van der Waals surface area contributed by atoms with Gasteiger partial charge in [-0.3, -0.25) is 9.89 Å². The third-order valence-electron chi connectivity index (χ3n) is 7.35. The quantitative estimate of drug-likeness (QED) is 0.328. The van der Waals surface area contributed by atoms with Crippen LogP contribution in [0.2, 0.25) is 0 Å². The van der Waals surface area contributed by atoms with Crippen LogP contribution < -0.4 is 14.8 Å². The number of ether oxygens (including phenoxy) is 3. The molecule has 0 amide bonds. The lowest BCUT2D eigenvalue weighted by atomic mass is 9.86. The Kier molecular flexibility index (Phi) is 9.31. The van der Waals surface area contributed by atoms with Crippen LogP contribution >= 0.6 is 24.0 Å². The second-order valence-electron chi connectivity index (χ2n) is 9.09. The Morgan fingerprint density at radius 3 is 2.47 bits per heavy atom. The zero-order valence-electron chi connectivity index (χ0n) is 19.8. The van der Waals surface area contributed by atoms with Crippen molar-refractivity contribution < 1.29 is 14.2 Å². The maximum absolute atomic E-state index is 5.61. The van der Waals surface area contributed by atoms with Crippen LogP contribution in [-0.4, -0.2) is 83.0 Å². The maximum atomic E-state index is 5.61. The molecule has 1 aromatic carbocycles. The van der Waals surface area contributed by atoms with E-state index in [2.05, 4.69) is 32.2 Å². The standard InChI is InChI=1S/C24H38N4O3.HI/c1-25-23(28-11-10-24(18-28)8-4-5-9-24)26-17-20(27-12-14-31-15-13-27)19-6-7-21(29-2)22(16-19)30-3;/h6-7,16,20H,4-5,8-15,17-18H2,1-3H3,(H,25,26);1H. The van der Waals surface area contributed by atoms with Crippen molar-refractivity contribution in [1.29, 1.82) is 0 Å². The normalized spacial score (nSPS) is 22.0. The van der Waals surface area contributed by atoms with Crippen LogP contribution in [-0.2, 0) is 4.74 Å². The van der Waals surface area contributed by atoms with E-state index in [9.17, 15) is 0 Å². The monoisotopic (exact) mass is 558 g/mol. The van der Waals surface area contributed by atoms with E-state index in [4.69, 9.17) is 14.2 Å². The molecule has 3 aliphatic rings. The van der Waals surface area contributed by atoms with Gasteiger partial charge >= 0.3 is 0 Å². The molecule has 0 bridgehead atoms. The van der Waals surface area contributed by atoms with Gasteiger partial charge in [0, 0.05) is 39.8 Å². The van der Waals surface area contributed by atoms with E-state index >= 15 is 0 Å². The number of nitrogens with one attached hydrogen (secondary N) is 1. The van der Waals surface area contributed by atoms with E-state index in [1.54, 1.807) is 14.2 Å². The molecule has 32 heavy (non-hydrogen) atoms. The fourth-order valence-corrected chi connectivity index (χ4v) is 5.58. The van der Waals surface area contributed by atoms with Gasteiger partial charge in [0.1, 0.15) is 0 Å². The summed E-state index contributed by atoms with van der Waals surface area (Å²) < 4.78 is 16.6. The summed E-state index contributed by atoms with van der Waals surface area (Å²) >= 11 is 0. The number of morpholine rings is 1. The van der Waals surface area contributed by atoms with Crippen molar-refractivity contribution in [2.75, 3.05) is 67.2 Å². The number of guanidine groups is 1. The van der Waals surface area contributed by atoms with Gasteiger partial charge in [-0.05, 0) is 42.4 Å². The predicted octanol–water partition coefficient (Wildman–Crippen LogP) is 3.54. The van der Waals surface area contributed by atoms with Crippen LogP contribution in [0.1, 0.15) is 43.7 Å². The Labute approximate surface area is 209 Å². The van der Waals surface area contributed by atoms with Gasteiger partial charge < -0.3 is 24.4 Å². The first-order chi connectivity index (χ1) is 15.2. The molecular formula is C24H39IN4O3. The Morgan fingerprint density at radius 1 is 1.09 bits per heavy atom. The number of likely N-dealkylation sites (tertiary alicyclic amines) is 1. The SMILES string of the molecule is CN=C(NCC(c1ccc(OC)c(OC)c1)N1CCOCC1)N1CCC2(CCCC2)C1.I. The van der Waals surface area contributed by atoms with Gasteiger partial charge in [0.25, 0.3) is 0 Å². The Morgan fingerprint density at radius 2 is 1.81 bits per heavy atom. The highest BCUT2D eigenvalue weighted by Gasteiger charge is 2.41. The minimum atomic E-state index is 0. The van der Waals surface area contributed by atoms with Crippen LogP contribution in [0.5, 0.6) is 11.5 Å². The summed E-state index contributed by atoms with van der Waals surface area (Å²) in [6.07, 6.45) is 6.83. The van der Waals surface area contributed by atoms with Crippen LogP contribution in [0.3, 0.4) is 0 Å². The van der Waals surface area contributed by atoms with Crippen molar-refractivity contribution in [3.05, 3.63) is 23.8 Å². The summed E-state index contributed by atoms with van der Waals surface area (Å²) in [6.45, 7) is 6.44. The van der Waals surface area contributed by atoms with Crippen molar-refractivity contribution in [1.82, 2.24) is 15.1 Å². The predicted molar refractivity (Wildman–Crippen MR) is 139 cm³/mol. The van der Waals surface area contributed by atoms with Crippen molar-refractivity contribution in [2.24, 2.45) is 10.4 Å². The molecule has 8 heteroatoms. The fraction of sp³-hybridized carbons (Fsp3) is 0.708. The number of hydrogen-bond donors (Lipinski definition) is 1. The molecule has 1 spiro atoms. The van der Waals surface area contributed by atoms with Gasteiger partial charge in [-0.15, -0.1) is 24.0 Å². The minimum absolute atomic E-state index is 0. The van der Waals surface area contributed by atoms with E-state index in [1.807, 2.05) is 13.1 Å². The smallest absolute Gasteiger partial charge is 0.193 e. The molecule has 180 valence electrons. The molecule has 0 aromatic heterocycles. The van der Waals surface area contributed by atoms with Gasteiger partial charge in [-0.2, -0.15) is 0 Å². The second-order valence-corrected chi connectivity index (χ2v) is 9.09. The summed E-state index contributed by atoms with van der Waals surface area (Å²) in [5.74, 6) is 2.56. The van der Waals surface area contributed by atoms with Gasteiger partial charge in [0.05, 0.1) is 33.5 Å². The Bertz CT molecular complexity index is 764. The van der Waals surface area contributed by atoms with Gasteiger partial charge in [0.15, 0.2) is 17.5 Å². The summed E-state index contributed by atoms with van der Waals surface area (Å²) in [4.78, 5) is 9.60. The zero-order valence-corrected chi connectivity index (χ0v) is 22.1. The Hall–Kier alpha value is -1.26. The third-order valence-corrected chi connectivity index (χ3v) is 7.35. The first kappa shape index (κ1) is 25.4.